The molecule has 1 aromatic rings. The molecule has 0 radical (unpaired) electrons. The molecule has 1 amide bonds. The number of aromatic amines is 1. The average Bonchev–Trinajstić information content (AvgIpc) is 2.85. The van der Waals surface area contributed by atoms with Crippen molar-refractivity contribution in [2.45, 2.75) is 31.7 Å². The van der Waals surface area contributed by atoms with Gasteiger partial charge in [-0.3, -0.25) is 14.7 Å². The van der Waals surface area contributed by atoms with E-state index in [1.165, 1.54) is 7.11 Å². The minimum Gasteiger partial charge on any atom is -0.469 e. The molecule has 2 rings (SSSR count). The number of ether oxygens (including phenoxy) is 1. The molecule has 1 saturated heterocycles. The number of nitrogens with zero attached hydrogens (tertiary/aromatic N) is 3. The topological polar surface area (TPSA) is 114 Å². The molecular formula is C11H17N5O3. The number of H-pyrrole nitrogens is 1. The Hall–Kier alpha value is -2.12. The number of amides is 1. The number of hydrogen-bond acceptors (Lipinski definition) is 6. The first kappa shape index (κ1) is 13.3. The Labute approximate surface area is 110 Å². The lowest BCUT2D eigenvalue weighted by Gasteiger charge is -2.34. The van der Waals surface area contributed by atoms with Crippen molar-refractivity contribution < 1.29 is 14.3 Å². The van der Waals surface area contributed by atoms with Crippen molar-refractivity contribution in [3.8, 4) is 0 Å². The molecule has 2 heterocycles. The molecule has 1 aliphatic rings. The normalized spacial score (nSPS) is 19.2. The van der Waals surface area contributed by atoms with Crippen molar-refractivity contribution in [1.29, 1.82) is 0 Å². The van der Waals surface area contributed by atoms with Crippen LogP contribution in [0.25, 0.3) is 0 Å². The fraction of sp³-hybridized carbons (Fsp3) is 0.636. The molecule has 3 N–H and O–H groups in total. The molecule has 1 unspecified atom stereocenters. The van der Waals surface area contributed by atoms with Crippen LogP contribution < -0.4 is 5.73 Å². The van der Waals surface area contributed by atoms with E-state index in [0.717, 1.165) is 19.3 Å². The van der Waals surface area contributed by atoms with Crippen LogP contribution in [0.15, 0.2) is 0 Å². The molecule has 0 bridgehead atoms. The van der Waals surface area contributed by atoms with Gasteiger partial charge in [-0.05, 0) is 19.3 Å². The number of anilines is 1. The fourth-order valence-electron chi connectivity index (χ4n) is 2.26. The molecule has 0 aromatic carbocycles. The van der Waals surface area contributed by atoms with Gasteiger partial charge in [0.05, 0.1) is 13.5 Å². The van der Waals surface area contributed by atoms with E-state index < -0.39 is 0 Å². The minimum absolute atomic E-state index is 0.0323. The number of aromatic nitrogens is 3. The Morgan fingerprint density at radius 3 is 2.95 bits per heavy atom. The number of methoxy groups -OCH3 is 1. The second-order valence-electron chi connectivity index (χ2n) is 4.47. The highest BCUT2D eigenvalue weighted by molar-refractivity contribution is 5.91. The van der Waals surface area contributed by atoms with Gasteiger partial charge in [0.1, 0.15) is 0 Å². The molecule has 1 atom stereocenters. The summed E-state index contributed by atoms with van der Waals surface area (Å²) in [6, 6.07) is -0.153. The molecule has 8 nitrogen and oxygen atoms in total. The van der Waals surface area contributed by atoms with Crippen molar-refractivity contribution >= 4 is 17.8 Å². The van der Waals surface area contributed by atoms with Gasteiger partial charge in [-0.1, -0.05) is 0 Å². The summed E-state index contributed by atoms with van der Waals surface area (Å²) < 4.78 is 4.66. The van der Waals surface area contributed by atoms with Crippen molar-refractivity contribution in [3.63, 3.8) is 0 Å². The zero-order valence-electron chi connectivity index (χ0n) is 10.8. The Kier molecular flexibility index (Phi) is 3.98. The maximum atomic E-state index is 12.3. The fourth-order valence-corrected chi connectivity index (χ4v) is 2.26. The van der Waals surface area contributed by atoms with Crippen LogP contribution in [0.2, 0.25) is 0 Å². The first-order valence-corrected chi connectivity index (χ1v) is 6.17. The number of esters is 1. The minimum atomic E-state index is -0.318. The van der Waals surface area contributed by atoms with Gasteiger partial charge in [-0.2, -0.15) is 4.98 Å². The van der Waals surface area contributed by atoms with E-state index in [1.54, 1.807) is 4.90 Å². The van der Waals surface area contributed by atoms with E-state index in [4.69, 9.17) is 5.73 Å². The third-order valence-electron chi connectivity index (χ3n) is 3.22. The van der Waals surface area contributed by atoms with E-state index in [-0.39, 0.29) is 36.1 Å². The van der Waals surface area contributed by atoms with E-state index in [9.17, 15) is 9.59 Å². The van der Waals surface area contributed by atoms with Crippen LogP contribution in [-0.4, -0.2) is 51.7 Å². The van der Waals surface area contributed by atoms with Gasteiger partial charge in [0.15, 0.2) is 0 Å². The monoisotopic (exact) mass is 267 g/mol. The quantitative estimate of drug-likeness (QED) is 0.742. The first-order valence-electron chi connectivity index (χ1n) is 6.17. The lowest BCUT2D eigenvalue weighted by molar-refractivity contribution is -0.142. The summed E-state index contributed by atoms with van der Waals surface area (Å²) in [4.78, 5) is 29.1. The van der Waals surface area contributed by atoms with Crippen LogP contribution >= 0.6 is 0 Å². The van der Waals surface area contributed by atoms with Gasteiger partial charge >= 0.3 is 5.97 Å². The highest BCUT2D eigenvalue weighted by Crippen LogP contribution is 2.21. The Morgan fingerprint density at radius 1 is 1.53 bits per heavy atom. The number of nitrogens with one attached hydrogen (secondary N) is 1. The second-order valence-corrected chi connectivity index (χ2v) is 4.47. The van der Waals surface area contributed by atoms with Crippen molar-refractivity contribution in [3.05, 3.63) is 5.82 Å². The summed E-state index contributed by atoms with van der Waals surface area (Å²) in [5.41, 5.74) is 5.38. The smallest absolute Gasteiger partial charge is 0.307 e. The third-order valence-corrected chi connectivity index (χ3v) is 3.22. The average molecular weight is 267 g/mol. The van der Waals surface area contributed by atoms with Crippen LogP contribution in [0.1, 0.15) is 36.3 Å². The molecular weight excluding hydrogens is 250 g/mol. The standard InChI is InChI=1S/C11H17N5O3/c1-19-8(17)6-7-4-2-3-5-16(7)10(18)9-13-11(12)15-14-9/h7H,2-6H2,1H3,(H3,12,13,14,15). The maximum absolute atomic E-state index is 12.3. The summed E-state index contributed by atoms with van der Waals surface area (Å²) in [6.07, 6.45) is 2.88. The molecule has 8 heteroatoms. The molecule has 1 aromatic heterocycles. The van der Waals surface area contributed by atoms with Gasteiger partial charge in [0.25, 0.3) is 5.91 Å². The Morgan fingerprint density at radius 2 is 2.32 bits per heavy atom. The summed E-state index contributed by atoms with van der Waals surface area (Å²) in [7, 11) is 1.34. The van der Waals surface area contributed by atoms with Crippen LogP contribution in [0.4, 0.5) is 5.95 Å². The van der Waals surface area contributed by atoms with E-state index in [1.807, 2.05) is 0 Å². The van der Waals surface area contributed by atoms with E-state index >= 15 is 0 Å². The number of carbonyl (C=O) groups is 2. The van der Waals surface area contributed by atoms with Crippen LogP contribution in [0, 0.1) is 0 Å². The predicted octanol–water partition coefficient (Wildman–Crippen LogP) is -0.0553. The number of likely N-dealkylation sites (tertiary alicyclic amines) is 1. The van der Waals surface area contributed by atoms with Crippen LogP contribution in [-0.2, 0) is 9.53 Å². The highest BCUT2D eigenvalue weighted by atomic mass is 16.5. The number of rotatable bonds is 3. The number of hydrogen-bond donors (Lipinski definition) is 2. The molecule has 1 fully saturated rings. The van der Waals surface area contributed by atoms with E-state index in [0.29, 0.717) is 6.54 Å². The largest absolute Gasteiger partial charge is 0.469 e. The van der Waals surface area contributed by atoms with Crippen LogP contribution in [0.5, 0.6) is 0 Å². The summed E-state index contributed by atoms with van der Waals surface area (Å²) in [5.74, 6) is -0.460. The van der Waals surface area contributed by atoms with Gasteiger partial charge in [-0.15, -0.1) is 5.10 Å². The zero-order chi connectivity index (χ0) is 13.8. The Balaban J connectivity index is 2.10. The molecule has 0 saturated carbocycles. The maximum Gasteiger partial charge on any atom is 0.307 e. The molecule has 1 aliphatic heterocycles. The summed E-state index contributed by atoms with van der Waals surface area (Å²) >= 11 is 0. The van der Waals surface area contributed by atoms with Crippen LogP contribution in [0.3, 0.4) is 0 Å². The summed E-state index contributed by atoms with van der Waals surface area (Å²) in [6.45, 7) is 0.598. The van der Waals surface area contributed by atoms with Gasteiger partial charge < -0.3 is 15.4 Å². The number of carbonyl (C=O) groups excluding carboxylic acids is 2. The predicted molar refractivity (Wildman–Crippen MR) is 66.1 cm³/mol. The lowest BCUT2D eigenvalue weighted by atomic mass is 9.99. The number of nitrogens with two attached hydrogens (primary N) is 1. The summed E-state index contributed by atoms with van der Waals surface area (Å²) in [5, 5.41) is 6.13. The highest BCUT2D eigenvalue weighted by Gasteiger charge is 2.30. The van der Waals surface area contributed by atoms with Crippen molar-refractivity contribution in [2.75, 3.05) is 19.4 Å². The van der Waals surface area contributed by atoms with Gasteiger partial charge in [0, 0.05) is 12.6 Å². The molecule has 0 spiro atoms. The van der Waals surface area contributed by atoms with Crippen molar-refractivity contribution in [1.82, 2.24) is 20.1 Å². The molecule has 19 heavy (non-hydrogen) atoms. The third kappa shape index (κ3) is 3.01. The zero-order valence-corrected chi connectivity index (χ0v) is 10.8. The molecule has 104 valence electrons. The van der Waals surface area contributed by atoms with Gasteiger partial charge in [-0.25, -0.2) is 0 Å². The van der Waals surface area contributed by atoms with Gasteiger partial charge in [0.2, 0.25) is 11.8 Å². The number of nitrogen functional groups attached to an aromatic ring is 1. The first-order chi connectivity index (χ1) is 9.11. The number of piperidine rings is 1. The van der Waals surface area contributed by atoms with Crippen molar-refractivity contribution in [2.24, 2.45) is 0 Å². The van der Waals surface area contributed by atoms with E-state index in [2.05, 4.69) is 19.9 Å². The molecule has 0 aliphatic carbocycles. The Bertz CT molecular complexity index is 473. The second kappa shape index (κ2) is 5.68. The lowest BCUT2D eigenvalue weighted by Crippen LogP contribution is -2.45. The SMILES string of the molecule is COC(=O)CC1CCCCN1C(=O)c1nc(N)n[nH]1.